The van der Waals surface area contributed by atoms with Crippen LogP contribution in [0.3, 0.4) is 0 Å². The van der Waals surface area contributed by atoms with Crippen LogP contribution in [0.1, 0.15) is 278 Å². The number of carbonyl (C=O) groups excluding carboxylic acids is 2. The molecule has 0 spiro atoms. The lowest BCUT2D eigenvalue weighted by atomic mass is 10.0. The highest BCUT2D eigenvalue weighted by Crippen LogP contribution is 2.17. The molecule has 0 rings (SSSR count). The van der Waals surface area contributed by atoms with E-state index >= 15 is 0 Å². The molecule has 0 saturated carbocycles. The first-order chi connectivity index (χ1) is 32.0. The number of aliphatic hydroxyl groups is 2. The molecular formula is C59H107NO5. The smallest absolute Gasteiger partial charge is 0.306 e. The summed E-state index contributed by atoms with van der Waals surface area (Å²) >= 11 is 0. The monoisotopic (exact) mass is 910 g/mol. The Morgan fingerprint density at radius 2 is 0.800 bits per heavy atom. The first kappa shape index (κ1) is 62.6. The third-order valence-corrected chi connectivity index (χ3v) is 12.6. The Morgan fingerprint density at radius 1 is 0.462 bits per heavy atom. The summed E-state index contributed by atoms with van der Waals surface area (Å²) in [5.41, 5.74) is 0. The summed E-state index contributed by atoms with van der Waals surface area (Å²) in [7, 11) is 0. The highest BCUT2D eigenvalue weighted by molar-refractivity contribution is 5.77. The Balaban J connectivity index is 4.64. The van der Waals surface area contributed by atoms with E-state index in [1.54, 1.807) is 0 Å². The highest BCUT2D eigenvalue weighted by Gasteiger charge is 2.23. The molecule has 3 unspecified atom stereocenters. The third kappa shape index (κ3) is 47.8. The van der Waals surface area contributed by atoms with E-state index in [1.165, 1.54) is 161 Å². The Bertz CT molecular complexity index is 1160. The van der Waals surface area contributed by atoms with Crippen LogP contribution in [-0.2, 0) is 14.3 Å². The topological polar surface area (TPSA) is 95.9 Å². The molecule has 1 amide bonds. The normalized spacial score (nSPS) is 13.6. The lowest BCUT2D eigenvalue weighted by Crippen LogP contribution is -2.46. The number of aliphatic hydroxyl groups excluding tert-OH is 2. The largest absolute Gasteiger partial charge is 0.461 e. The standard InChI is InChI=1S/C59H107NO5/c1-4-7-10-13-16-19-22-25-27-28-29-31-34-37-40-43-46-49-52-59(64)65-55(50-47-44-41-38-35-33-30-26-23-20-17-14-11-8-5-2)53-58(63)60-56(54-61)57(62)51-48-45-42-39-36-32-24-21-18-15-12-9-6-3/h8,11,17,20,26,30,35,38,44,47,55-57,61-62H,4-7,9-10,12-16,18-19,21-25,27-29,31-34,36-37,39-43,45-46,48-54H2,1-3H3,(H,60,63)/b11-8-,20-17-,30-26-,38-35-,47-44-. The van der Waals surface area contributed by atoms with Crippen molar-refractivity contribution in [2.24, 2.45) is 0 Å². The fourth-order valence-corrected chi connectivity index (χ4v) is 8.40. The lowest BCUT2D eigenvalue weighted by Gasteiger charge is -2.24. The maximum Gasteiger partial charge on any atom is 0.306 e. The number of nitrogens with one attached hydrogen (secondary N) is 1. The zero-order valence-electron chi connectivity index (χ0n) is 43.1. The SMILES string of the molecule is CC/C=C\C/C=C\C/C=C\C/C=C\C/C=C\CC(CC(=O)NC(CO)C(O)CCCCCCCCCCCCCCC)OC(=O)CCCCCCCCCCCCCCCCCCCC. The van der Waals surface area contributed by atoms with Crippen LogP contribution in [0.15, 0.2) is 60.8 Å². The molecule has 0 aliphatic carbocycles. The first-order valence-electron chi connectivity index (χ1n) is 28.0. The second-order valence-corrected chi connectivity index (χ2v) is 19.0. The number of hydrogen-bond donors (Lipinski definition) is 3. The summed E-state index contributed by atoms with van der Waals surface area (Å²) in [6, 6.07) is -0.732. The molecule has 0 saturated heterocycles. The predicted octanol–water partition coefficient (Wildman–Crippen LogP) is 17.2. The second kappa shape index (κ2) is 52.5. The molecule has 3 atom stereocenters. The molecule has 0 aromatic rings. The minimum absolute atomic E-state index is 0.00113. The van der Waals surface area contributed by atoms with Gasteiger partial charge in [0, 0.05) is 12.8 Å². The lowest BCUT2D eigenvalue weighted by molar-refractivity contribution is -0.150. The van der Waals surface area contributed by atoms with E-state index in [0.717, 1.165) is 70.6 Å². The molecule has 65 heavy (non-hydrogen) atoms. The van der Waals surface area contributed by atoms with Crippen molar-refractivity contribution in [3.8, 4) is 0 Å². The molecule has 0 aliphatic rings. The molecule has 0 radical (unpaired) electrons. The summed E-state index contributed by atoms with van der Waals surface area (Å²) in [6.07, 6.45) is 65.9. The molecule has 0 aromatic carbocycles. The second-order valence-electron chi connectivity index (χ2n) is 19.0. The van der Waals surface area contributed by atoms with Crippen LogP contribution in [-0.4, -0.2) is 46.9 Å². The quantitative estimate of drug-likeness (QED) is 0.0321. The zero-order valence-corrected chi connectivity index (χ0v) is 43.1. The number of unbranched alkanes of at least 4 members (excludes halogenated alkanes) is 29. The molecule has 0 bridgehead atoms. The molecule has 378 valence electrons. The number of allylic oxidation sites excluding steroid dienone is 9. The fourth-order valence-electron chi connectivity index (χ4n) is 8.40. The van der Waals surface area contributed by atoms with Gasteiger partial charge in [-0.25, -0.2) is 0 Å². The third-order valence-electron chi connectivity index (χ3n) is 12.6. The van der Waals surface area contributed by atoms with Gasteiger partial charge in [-0.05, 0) is 44.9 Å². The Morgan fingerprint density at radius 3 is 1.17 bits per heavy atom. The van der Waals surface area contributed by atoms with Gasteiger partial charge in [0.25, 0.3) is 0 Å². The van der Waals surface area contributed by atoms with Crippen molar-refractivity contribution in [3.63, 3.8) is 0 Å². The van der Waals surface area contributed by atoms with Crippen molar-refractivity contribution in [1.29, 1.82) is 0 Å². The van der Waals surface area contributed by atoms with Crippen molar-refractivity contribution >= 4 is 11.9 Å². The maximum absolute atomic E-state index is 13.2. The van der Waals surface area contributed by atoms with Gasteiger partial charge < -0.3 is 20.3 Å². The van der Waals surface area contributed by atoms with Crippen LogP contribution in [0.5, 0.6) is 0 Å². The van der Waals surface area contributed by atoms with Crippen molar-refractivity contribution in [1.82, 2.24) is 5.32 Å². The molecule has 0 fully saturated rings. The molecule has 0 aliphatic heterocycles. The average molecular weight is 911 g/mol. The van der Waals surface area contributed by atoms with E-state index in [0.29, 0.717) is 19.3 Å². The molecule has 0 heterocycles. The van der Waals surface area contributed by atoms with E-state index < -0.39 is 18.2 Å². The van der Waals surface area contributed by atoms with Crippen molar-refractivity contribution in [2.75, 3.05) is 6.61 Å². The van der Waals surface area contributed by atoms with Crippen LogP contribution in [0, 0.1) is 0 Å². The summed E-state index contributed by atoms with van der Waals surface area (Å²) in [5.74, 6) is -0.570. The van der Waals surface area contributed by atoms with Gasteiger partial charge in [-0.1, -0.05) is 274 Å². The van der Waals surface area contributed by atoms with Gasteiger partial charge in [-0.3, -0.25) is 9.59 Å². The Labute approximate surface area is 403 Å². The van der Waals surface area contributed by atoms with Crippen LogP contribution in [0.25, 0.3) is 0 Å². The van der Waals surface area contributed by atoms with Crippen LogP contribution >= 0.6 is 0 Å². The first-order valence-corrected chi connectivity index (χ1v) is 28.0. The summed E-state index contributed by atoms with van der Waals surface area (Å²) in [4.78, 5) is 26.2. The Hall–Kier alpha value is -2.44. The highest BCUT2D eigenvalue weighted by atomic mass is 16.5. The molecule has 3 N–H and O–H groups in total. The minimum Gasteiger partial charge on any atom is -0.461 e. The Kier molecular flexibility index (Phi) is 50.6. The number of hydrogen-bond acceptors (Lipinski definition) is 5. The minimum atomic E-state index is -0.812. The number of carbonyl (C=O) groups is 2. The maximum atomic E-state index is 13.2. The van der Waals surface area contributed by atoms with Gasteiger partial charge in [-0.2, -0.15) is 0 Å². The number of amides is 1. The number of esters is 1. The molecular weight excluding hydrogens is 803 g/mol. The van der Waals surface area contributed by atoms with Crippen LogP contribution in [0.2, 0.25) is 0 Å². The summed E-state index contributed by atoms with van der Waals surface area (Å²) in [5, 5.41) is 23.8. The predicted molar refractivity (Wildman–Crippen MR) is 282 cm³/mol. The average Bonchev–Trinajstić information content (AvgIpc) is 3.30. The zero-order chi connectivity index (χ0) is 47.4. The summed E-state index contributed by atoms with van der Waals surface area (Å²) < 4.78 is 5.89. The van der Waals surface area contributed by atoms with E-state index in [4.69, 9.17) is 4.74 Å². The van der Waals surface area contributed by atoms with Gasteiger partial charge in [-0.15, -0.1) is 0 Å². The van der Waals surface area contributed by atoms with Crippen molar-refractivity contribution in [3.05, 3.63) is 60.8 Å². The number of rotatable bonds is 50. The van der Waals surface area contributed by atoms with Crippen molar-refractivity contribution in [2.45, 2.75) is 296 Å². The van der Waals surface area contributed by atoms with Gasteiger partial charge in [0.1, 0.15) is 6.10 Å². The van der Waals surface area contributed by atoms with Gasteiger partial charge >= 0.3 is 5.97 Å². The summed E-state index contributed by atoms with van der Waals surface area (Å²) in [6.45, 7) is 6.36. The van der Waals surface area contributed by atoms with Crippen LogP contribution < -0.4 is 5.32 Å². The fraction of sp³-hybridized carbons (Fsp3) is 0.797. The number of ether oxygens (including phenoxy) is 1. The van der Waals surface area contributed by atoms with Crippen molar-refractivity contribution < 1.29 is 24.5 Å². The van der Waals surface area contributed by atoms with E-state index in [9.17, 15) is 19.8 Å². The van der Waals surface area contributed by atoms with E-state index in [2.05, 4.69) is 80.8 Å². The van der Waals surface area contributed by atoms with Gasteiger partial charge in [0.05, 0.1) is 25.2 Å². The molecule has 6 heteroatoms. The van der Waals surface area contributed by atoms with Gasteiger partial charge in [0.2, 0.25) is 5.91 Å². The molecule has 0 aromatic heterocycles. The van der Waals surface area contributed by atoms with E-state index in [1.807, 2.05) is 6.08 Å². The van der Waals surface area contributed by atoms with E-state index in [-0.39, 0.29) is 24.9 Å². The molecule has 6 nitrogen and oxygen atoms in total. The van der Waals surface area contributed by atoms with Crippen LogP contribution in [0.4, 0.5) is 0 Å². The van der Waals surface area contributed by atoms with Gasteiger partial charge in [0.15, 0.2) is 0 Å².